The van der Waals surface area contributed by atoms with Crippen LogP contribution in [0, 0.1) is 6.92 Å². The highest BCUT2D eigenvalue weighted by Gasteiger charge is 2.22. The average Bonchev–Trinajstić information content (AvgIpc) is 3.48. The Labute approximate surface area is 332 Å². The van der Waals surface area contributed by atoms with Crippen molar-refractivity contribution < 1.29 is 0 Å². The molecule has 4 aromatic rings. The van der Waals surface area contributed by atoms with Gasteiger partial charge in [0.25, 0.3) is 0 Å². The lowest BCUT2D eigenvalue weighted by atomic mass is 9.91. The van der Waals surface area contributed by atoms with Gasteiger partial charge in [0.05, 0.1) is 27.5 Å². The number of thiol groups is 1. The van der Waals surface area contributed by atoms with Gasteiger partial charge < -0.3 is 0 Å². The fourth-order valence-electron chi connectivity index (χ4n) is 7.17. The number of hydrogen-bond donors (Lipinski definition) is 1. The molecule has 2 aliphatic carbocycles. The SMILES string of the molecule is C=C\C=C(/C=C(C)/C(C=C)=C/c1c(C)n(-c2nc(C3=C(C)CCC=C3)c(S)c(-c3ccccc3)n2)c2ccccc12)C1=C(N=C(C)/C=C\C=CC)C=CCC1. The van der Waals surface area contributed by atoms with Crippen molar-refractivity contribution >= 4 is 40.9 Å². The topological polar surface area (TPSA) is 43.1 Å². The molecule has 0 amide bonds. The number of nitrogens with zero attached hydrogens (tertiary/aromatic N) is 4. The Balaban J connectivity index is 1.50. The first-order valence-corrected chi connectivity index (χ1v) is 19.4. The van der Waals surface area contributed by atoms with Crippen LogP contribution in [0.2, 0.25) is 0 Å². The van der Waals surface area contributed by atoms with Crippen LogP contribution in [0.25, 0.3) is 39.8 Å². The molecule has 0 spiro atoms. The number of allylic oxidation sites excluding steroid dienone is 18. The number of para-hydroxylation sites is 1. The van der Waals surface area contributed by atoms with E-state index in [0.717, 1.165) is 103 Å². The molecule has 276 valence electrons. The van der Waals surface area contributed by atoms with Crippen molar-refractivity contribution in [1.29, 1.82) is 0 Å². The molecule has 6 rings (SSSR count). The molecule has 55 heavy (non-hydrogen) atoms. The molecule has 0 unspecified atom stereocenters. The summed E-state index contributed by atoms with van der Waals surface area (Å²) in [4.78, 5) is 16.3. The average molecular weight is 739 g/mol. The van der Waals surface area contributed by atoms with Gasteiger partial charge in [-0.3, -0.25) is 9.56 Å². The zero-order valence-electron chi connectivity index (χ0n) is 32.7. The van der Waals surface area contributed by atoms with E-state index in [-0.39, 0.29) is 0 Å². The van der Waals surface area contributed by atoms with E-state index in [1.807, 2.05) is 68.5 Å². The molecule has 0 bridgehead atoms. The molecule has 0 N–H and O–H groups in total. The first-order chi connectivity index (χ1) is 26.7. The summed E-state index contributed by atoms with van der Waals surface area (Å²) in [6.07, 6.45) is 31.1. The van der Waals surface area contributed by atoms with Crippen molar-refractivity contribution in [3.63, 3.8) is 0 Å². The Bertz CT molecular complexity index is 2450. The number of rotatable bonds is 12. The normalized spacial score (nSPS) is 16.0. The van der Waals surface area contributed by atoms with Gasteiger partial charge in [-0.15, -0.1) is 12.6 Å². The van der Waals surface area contributed by atoms with E-state index < -0.39 is 0 Å². The summed E-state index contributed by atoms with van der Waals surface area (Å²) in [5, 5.41) is 1.11. The van der Waals surface area contributed by atoms with Crippen LogP contribution in [0.5, 0.6) is 0 Å². The molecule has 2 heterocycles. The van der Waals surface area contributed by atoms with Gasteiger partial charge in [0, 0.05) is 33.5 Å². The predicted octanol–water partition coefficient (Wildman–Crippen LogP) is 13.6. The summed E-state index contributed by atoms with van der Waals surface area (Å²) in [7, 11) is 0. The molecule has 0 saturated carbocycles. The maximum atomic E-state index is 5.29. The highest BCUT2D eigenvalue weighted by Crippen LogP contribution is 2.38. The monoisotopic (exact) mass is 738 g/mol. The van der Waals surface area contributed by atoms with Crippen LogP contribution in [0.1, 0.15) is 70.3 Å². The van der Waals surface area contributed by atoms with Crippen molar-refractivity contribution in [1.82, 2.24) is 14.5 Å². The van der Waals surface area contributed by atoms with Crippen molar-refractivity contribution in [2.75, 3.05) is 0 Å². The van der Waals surface area contributed by atoms with Crippen LogP contribution in [0.3, 0.4) is 0 Å². The Morgan fingerprint density at radius 1 is 0.891 bits per heavy atom. The molecule has 2 aliphatic rings. The van der Waals surface area contributed by atoms with Crippen molar-refractivity contribution in [2.45, 2.75) is 65.2 Å². The lowest BCUT2D eigenvalue weighted by molar-refractivity contribution is 0.901. The molecule has 2 aromatic heterocycles. The van der Waals surface area contributed by atoms with Crippen LogP contribution in [-0.2, 0) is 0 Å². The fraction of sp³-hybridized carbons (Fsp3) is 0.180. The first-order valence-electron chi connectivity index (χ1n) is 19.0. The smallest absolute Gasteiger partial charge is 0.235 e. The van der Waals surface area contributed by atoms with Gasteiger partial charge in [-0.25, -0.2) is 9.97 Å². The Morgan fingerprint density at radius 2 is 1.62 bits per heavy atom. The molecule has 4 nitrogen and oxygen atoms in total. The van der Waals surface area contributed by atoms with Crippen LogP contribution in [0.4, 0.5) is 0 Å². The van der Waals surface area contributed by atoms with Gasteiger partial charge >= 0.3 is 0 Å². The fourth-order valence-corrected chi connectivity index (χ4v) is 7.52. The lowest BCUT2D eigenvalue weighted by Crippen LogP contribution is -2.09. The summed E-state index contributed by atoms with van der Waals surface area (Å²) in [6, 6.07) is 18.8. The molecular weight excluding hydrogens is 689 g/mol. The predicted molar refractivity (Wildman–Crippen MR) is 240 cm³/mol. The third kappa shape index (κ3) is 8.64. The first kappa shape index (κ1) is 38.9. The van der Waals surface area contributed by atoms with Crippen LogP contribution in [0.15, 0.2) is 184 Å². The van der Waals surface area contributed by atoms with E-state index in [1.54, 1.807) is 0 Å². The molecule has 5 heteroatoms. The third-order valence-electron chi connectivity index (χ3n) is 10.0. The summed E-state index contributed by atoms with van der Waals surface area (Å²) in [5.41, 5.74) is 14.6. The summed E-state index contributed by atoms with van der Waals surface area (Å²) >= 11 is 5.08. The second-order valence-electron chi connectivity index (χ2n) is 13.9. The standard InChI is InChI=1S/C50H50N4S/c1-8-11-13-24-36(6)51-45-30-20-18-28-42(45)40(22-9-2)32-35(5)38(10-3)33-44-37(7)54(46-31-21-19-29-43(44)46)50-52-47(39-25-14-12-15-26-39)49(55)48(53-50)41-27-17-16-23-34(41)4/h8-15,17,19-22,24-27,29-33,55H,2-3,16,18,23,28H2,1,4-7H3/b11-8?,24-13-,35-32+,38-33+,40-22+,51-36?. The van der Waals surface area contributed by atoms with Gasteiger partial charge in [-0.1, -0.05) is 128 Å². The van der Waals surface area contributed by atoms with Gasteiger partial charge in [-0.05, 0) is 107 Å². The summed E-state index contributed by atoms with van der Waals surface area (Å²) in [5.74, 6) is 0.615. The van der Waals surface area contributed by atoms with Crippen molar-refractivity contribution in [3.05, 3.63) is 191 Å². The zero-order valence-corrected chi connectivity index (χ0v) is 33.6. The number of fused-ring (bicyclic) bond motifs is 1. The lowest BCUT2D eigenvalue weighted by Gasteiger charge is -2.18. The van der Waals surface area contributed by atoms with Crippen molar-refractivity contribution in [2.24, 2.45) is 4.99 Å². The molecule has 0 atom stereocenters. The van der Waals surface area contributed by atoms with Gasteiger partial charge in [-0.2, -0.15) is 0 Å². The van der Waals surface area contributed by atoms with E-state index in [2.05, 4.69) is 117 Å². The molecular formula is C50H50N4S. The molecule has 0 saturated heterocycles. The number of benzene rings is 2. The van der Waals surface area contributed by atoms with Gasteiger partial charge in [0.2, 0.25) is 5.95 Å². The van der Waals surface area contributed by atoms with E-state index >= 15 is 0 Å². The highest BCUT2D eigenvalue weighted by molar-refractivity contribution is 7.80. The molecule has 0 radical (unpaired) electrons. The second-order valence-corrected chi connectivity index (χ2v) is 14.3. The summed E-state index contributed by atoms with van der Waals surface area (Å²) in [6.45, 7) is 18.9. The number of aromatic nitrogens is 3. The highest BCUT2D eigenvalue weighted by atomic mass is 32.1. The zero-order chi connectivity index (χ0) is 38.9. The van der Waals surface area contributed by atoms with E-state index in [1.165, 1.54) is 11.1 Å². The van der Waals surface area contributed by atoms with Crippen LogP contribution < -0.4 is 0 Å². The summed E-state index contributed by atoms with van der Waals surface area (Å²) < 4.78 is 2.19. The van der Waals surface area contributed by atoms with E-state index in [4.69, 9.17) is 27.6 Å². The van der Waals surface area contributed by atoms with Gasteiger partial charge in [0.15, 0.2) is 0 Å². The van der Waals surface area contributed by atoms with Crippen molar-refractivity contribution in [3.8, 4) is 17.2 Å². The number of aliphatic imine (C=N–C) groups is 1. The minimum absolute atomic E-state index is 0.615. The maximum absolute atomic E-state index is 5.29. The van der Waals surface area contributed by atoms with Gasteiger partial charge in [0.1, 0.15) is 0 Å². The van der Waals surface area contributed by atoms with E-state index in [0.29, 0.717) is 5.95 Å². The third-order valence-corrected chi connectivity index (χ3v) is 10.5. The van der Waals surface area contributed by atoms with Crippen LogP contribution in [-0.4, -0.2) is 20.2 Å². The maximum Gasteiger partial charge on any atom is 0.235 e. The Morgan fingerprint density at radius 3 is 2.36 bits per heavy atom. The second kappa shape index (κ2) is 18.0. The minimum atomic E-state index is 0.615. The number of hydrogen-bond acceptors (Lipinski definition) is 4. The molecule has 0 fully saturated rings. The largest absolute Gasteiger partial charge is 0.282 e. The Hall–Kier alpha value is -5.78. The Kier molecular flexibility index (Phi) is 12.8. The quantitative estimate of drug-likeness (QED) is 0.0893. The molecule has 2 aromatic carbocycles. The molecule has 0 aliphatic heterocycles. The van der Waals surface area contributed by atoms with Crippen LogP contribution >= 0.6 is 12.6 Å². The minimum Gasteiger partial charge on any atom is -0.282 e. The van der Waals surface area contributed by atoms with E-state index in [9.17, 15) is 0 Å².